The molecule has 0 saturated heterocycles. The highest BCUT2D eigenvalue weighted by molar-refractivity contribution is 7.89. The van der Waals surface area contributed by atoms with Crippen molar-refractivity contribution >= 4 is 27.5 Å². The second-order valence-electron chi connectivity index (χ2n) is 6.01. The molecule has 0 saturated carbocycles. The largest absolute Gasteiger partial charge is 0.416 e. The lowest BCUT2D eigenvalue weighted by Gasteiger charge is -2.11. The van der Waals surface area contributed by atoms with Gasteiger partial charge in [-0.05, 0) is 35.9 Å². The molecule has 2 rings (SSSR count). The van der Waals surface area contributed by atoms with Gasteiger partial charge in [-0.2, -0.15) is 13.2 Å². The minimum atomic E-state index is -4.69. The van der Waals surface area contributed by atoms with E-state index in [4.69, 9.17) is 0 Å². The van der Waals surface area contributed by atoms with E-state index >= 15 is 0 Å². The fourth-order valence-electron chi connectivity index (χ4n) is 2.31. The van der Waals surface area contributed by atoms with Crippen LogP contribution in [0, 0.1) is 0 Å². The topological polar surface area (TPSA) is 104 Å². The summed E-state index contributed by atoms with van der Waals surface area (Å²) in [5.74, 6) is -0.930. The summed E-state index contributed by atoms with van der Waals surface area (Å²) in [6.07, 6.45) is -4.69. The quantitative estimate of drug-likeness (QED) is 0.628. The van der Waals surface area contributed by atoms with E-state index < -0.39 is 39.1 Å². The highest BCUT2D eigenvalue weighted by Crippen LogP contribution is 2.30. The van der Waals surface area contributed by atoms with Gasteiger partial charge in [0.05, 0.1) is 17.0 Å². The van der Waals surface area contributed by atoms with Crippen LogP contribution < -0.4 is 15.4 Å². The van der Waals surface area contributed by atoms with Crippen molar-refractivity contribution in [3.8, 4) is 0 Å². The molecule has 0 aliphatic heterocycles. The third-order valence-electron chi connectivity index (χ3n) is 3.63. The lowest BCUT2D eigenvalue weighted by Crippen LogP contribution is -2.36. The number of benzene rings is 2. The zero-order valence-corrected chi connectivity index (χ0v) is 16.0. The summed E-state index contributed by atoms with van der Waals surface area (Å²) >= 11 is 0. The Morgan fingerprint density at radius 1 is 1.03 bits per heavy atom. The minimum Gasteiger partial charge on any atom is -0.351 e. The molecular weight excluding hydrogens is 411 g/mol. The monoisotopic (exact) mass is 429 g/mol. The number of carbonyl (C=O) groups is 2. The molecule has 0 aliphatic rings. The van der Waals surface area contributed by atoms with Gasteiger partial charge in [-0.15, -0.1) is 0 Å². The molecular formula is C18H18F3N3O4S. The number of hydrogen-bond donors (Lipinski definition) is 3. The first-order chi connectivity index (χ1) is 13.5. The summed E-state index contributed by atoms with van der Waals surface area (Å²) in [6.45, 7) is 0.770. The first kappa shape index (κ1) is 22.4. The van der Waals surface area contributed by atoms with Gasteiger partial charge in [-0.3, -0.25) is 9.59 Å². The average Bonchev–Trinajstić information content (AvgIpc) is 2.64. The van der Waals surface area contributed by atoms with Crippen LogP contribution in [0.1, 0.15) is 18.1 Å². The number of nitrogens with one attached hydrogen (secondary N) is 3. The van der Waals surface area contributed by atoms with Gasteiger partial charge in [0, 0.05) is 19.2 Å². The summed E-state index contributed by atoms with van der Waals surface area (Å²) in [4.78, 5) is 22.4. The van der Waals surface area contributed by atoms with Crippen LogP contribution in [0.15, 0.2) is 53.4 Å². The van der Waals surface area contributed by atoms with Gasteiger partial charge in [0.15, 0.2) is 0 Å². The molecule has 0 spiro atoms. The molecule has 2 aromatic carbocycles. The summed E-state index contributed by atoms with van der Waals surface area (Å²) in [6, 6.07) is 9.88. The molecule has 3 N–H and O–H groups in total. The van der Waals surface area contributed by atoms with Crippen LogP contribution >= 0.6 is 0 Å². The van der Waals surface area contributed by atoms with Crippen LogP contribution in [0.4, 0.5) is 18.9 Å². The van der Waals surface area contributed by atoms with Gasteiger partial charge in [0.25, 0.3) is 0 Å². The van der Waals surface area contributed by atoms with Gasteiger partial charge < -0.3 is 10.6 Å². The smallest absolute Gasteiger partial charge is 0.351 e. The fourth-order valence-corrected chi connectivity index (χ4v) is 3.34. The van der Waals surface area contributed by atoms with Crippen molar-refractivity contribution in [1.29, 1.82) is 0 Å². The van der Waals surface area contributed by atoms with Crippen LogP contribution in [-0.4, -0.2) is 26.8 Å². The Balaban J connectivity index is 1.94. The number of halogens is 3. The van der Waals surface area contributed by atoms with Gasteiger partial charge in [0.2, 0.25) is 21.8 Å². The Labute approximate surface area is 165 Å². The highest BCUT2D eigenvalue weighted by Gasteiger charge is 2.31. The molecule has 0 unspecified atom stereocenters. The van der Waals surface area contributed by atoms with Crippen molar-refractivity contribution in [3.05, 3.63) is 59.7 Å². The zero-order chi connectivity index (χ0) is 21.7. The predicted octanol–water partition coefficient (Wildman–Crippen LogP) is 2.26. The Hall–Kier alpha value is -2.92. The van der Waals surface area contributed by atoms with Gasteiger partial charge in [-0.25, -0.2) is 13.1 Å². The van der Waals surface area contributed by atoms with Crippen molar-refractivity contribution in [1.82, 2.24) is 10.0 Å². The van der Waals surface area contributed by atoms with Crippen molar-refractivity contribution in [2.24, 2.45) is 0 Å². The van der Waals surface area contributed by atoms with Crippen LogP contribution in [0.25, 0.3) is 0 Å². The third-order valence-corrected chi connectivity index (χ3v) is 5.03. The summed E-state index contributed by atoms with van der Waals surface area (Å²) in [5.41, 5.74) is 0.0868. The first-order valence-electron chi connectivity index (χ1n) is 8.27. The third kappa shape index (κ3) is 6.88. The zero-order valence-electron chi connectivity index (χ0n) is 15.2. The predicted molar refractivity (Wildman–Crippen MR) is 99.2 cm³/mol. The Morgan fingerprint density at radius 2 is 1.72 bits per heavy atom. The Morgan fingerprint density at radius 3 is 2.38 bits per heavy atom. The minimum absolute atomic E-state index is 0.0670. The van der Waals surface area contributed by atoms with Crippen molar-refractivity contribution in [2.75, 3.05) is 11.9 Å². The van der Waals surface area contributed by atoms with E-state index in [1.165, 1.54) is 6.92 Å². The van der Waals surface area contributed by atoms with E-state index in [9.17, 15) is 31.2 Å². The van der Waals surface area contributed by atoms with Crippen molar-refractivity contribution in [3.63, 3.8) is 0 Å². The van der Waals surface area contributed by atoms with Crippen LogP contribution in [0.2, 0.25) is 0 Å². The molecule has 0 radical (unpaired) electrons. The number of carbonyl (C=O) groups excluding carboxylic acids is 2. The number of rotatable bonds is 7. The standard InChI is InChI=1S/C18H18F3N3O4S/c1-12(25)24-15-6-2-4-13(8-15)10-22-17(26)11-23-29(27,28)16-7-3-5-14(9-16)18(19,20)21/h2-9,23H,10-11H2,1H3,(H,22,26)(H,24,25). The van der Waals surface area contributed by atoms with E-state index in [0.29, 0.717) is 17.3 Å². The second-order valence-corrected chi connectivity index (χ2v) is 7.78. The first-order valence-corrected chi connectivity index (χ1v) is 9.76. The van der Waals surface area contributed by atoms with Crippen molar-refractivity contribution < 1.29 is 31.2 Å². The van der Waals surface area contributed by atoms with Crippen molar-refractivity contribution in [2.45, 2.75) is 24.5 Å². The number of amides is 2. The number of alkyl halides is 3. The molecule has 156 valence electrons. The van der Waals surface area contributed by atoms with Gasteiger partial charge in [-0.1, -0.05) is 18.2 Å². The summed E-state index contributed by atoms with van der Waals surface area (Å²) < 4.78 is 64.4. The molecule has 11 heteroatoms. The number of anilines is 1. The summed E-state index contributed by atoms with van der Waals surface area (Å²) in [7, 11) is -4.30. The number of sulfonamides is 1. The normalized spacial score (nSPS) is 11.7. The molecule has 7 nitrogen and oxygen atoms in total. The Kier molecular flexibility index (Phi) is 6.98. The molecule has 0 aromatic heterocycles. The van der Waals surface area contributed by atoms with E-state index in [0.717, 1.165) is 18.2 Å². The molecule has 0 aliphatic carbocycles. The second kappa shape index (κ2) is 9.05. The van der Waals surface area contributed by atoms with Gasteiger partial charge in [0.1, 0.15) is 0 Å². The van der Waals surface area contributed by atoms with Crippen LogP contribution in [0.5, 0.6) is 0 Å². The SMILES string of the molecule is CC(=O)Nc1cccc(CNC(=O)CNS(=O)(=O)c2cccc(C(F)(F)F)c2)c1. The molecule has 2 aromatic rings. The lowest BCUT2D eigenvalue weighted by molar-refractivity contribution is -0.137. The molecule has 0 bridgehead atoms. The highest BCUT2D eigenvalue weighted by atomic mass is 32.2. The molecule has 0 heterocycles. The molecule has 29 heavy (non-hydrogen) atoms. The number of hydrogen-bond acceptors (Lipinski definition) is 4. The fraction of sp³-hybridized carbons (Fsp3) is 0.222. The molecule has 0 fully saturated rings. The van der Waals surface area contributed by atoms with E-state index in [2.05, 4.69) is 10.6 Å². The Bertz CT molecular complexity index is 1010. The van der Waals surface area contributed by atoms with Crippen LogP contribution in [-0.2, 0) is 32.3 Å². The van der Waals surface area contributed by atoms with Gasteiger partial charge >= 0.3 is 6.18 Å². The maximum absolute atomic E-state index is 12.7. The molecule has 0 atom stereocenters. The molecule has 2 amide bonds. The lowest BCUT2D eigenvalue weighted by atomic mass is 10.2. The maximum atomic E-state index is 12.7. The van der Waals surface area contributed by atoms with E-state index in [1.54, 1.807) is 24.3 Å². The van der Waals surface area contributed by atoms with E-state index in [-0.39, 0.29) is 12.5 Å². The average molecular weight is 429 g/mol. The summed E-state index contributed by atoms with van der Waals surface area (Å²) in [5, 5.41) is 5.07. The maximum Gasteiger partial charge on any atom is 0.416 e. The van der Waals surface area contributed by atoms with Crippen LogP contribution in [0.3, 0.4) is 0 Å². The van der Waals surface area contributed by atoms with E-state index in [1.807, 2.05) is 4.72 Å².